The monoisotopic (exact) mass is 675 g/mol. The first kappa shape index (κ1) is 32.0. The molecule has 6 heteroatoms. The minimum absolute atomic E-state index is 0.107. The summed E-state index contributed by atoms with van der Waals surface area (Å²) in [6.45, 7) is 0. The molecular weight excluding hydrogens is 643 g/mol. The highest BCUT2D eigenvalue weighted by Crippen LogP contribution is 2.47. The van der Waals surface area contributed by atoms with Crippen molar-refractivity contribution in [1.82, 2.24) is 9.97 Å². The molecule has 0 bridgehead atoms. The fourth-order valence-corrected chi connectivity index (χ4v) is 6.13. The van der Waals surface area contributed by atoms with Crippen LogP contribution in [0.1, 0.15) is 0 Å². The van der Waals surface area contributed by atoms with Crippen molar-refractivity contribution in [3.05, 3.63) is 194 Å². The van der Waals surface area contributed by atoms with Crippen molar-refractivity contribution in [1.29, 1.82) is 0 Å². The maximum Gasteiger partial charge on any atom is 0.196 e. The predicted octanol–water partition coefficient (Wildman–Crippen LogP) is 12.2. The molecule has 6 aromatic carbocycles. The van der Waals surface area contributed by atoms with E-state index in [-0.39, 0.29) is 5.75 Å². The van der Waals surface area contributed by atoms with Crippen molar-refractivity contribution in [2.24, 2.45) is 0 Å². The van der Waals surface area contributed by atoms with Gasteiger partial charge in [0.05, 0.1) is 11.4 Å². The Bertz CT molecular complexity index is 2420. The van der Waals surface area contributed by atoms with Crippen molar-refractivity contribution in [2.75, 3.05) is 4.90 Å². The van der Waals surface area contributed by atoms with Crippen molar-refractivity contribution in [2.45, 2.75) is 0 Å². The molecule has 2 heterocycles. The average Bonchev–Trinajstić information content (AvgIpc) is 3.21. The summed E-state index contributed by atoms with van der Waals surface area (Å²) in [6.07, 6.45) is 1.80. The molecule has 0 atom stereocenters. The minimum Gasteiger partial charge on any atom is -0.507 e. The molecule has 0 amide bonds. The van der Waals surface area contributed by atoms with Crippen LogP contribution < -0.4 is 14.4 Å². The summed E-state index contributed by atoms with van der Waals surface area (Å²) < 4.78 is 13.2. The maximum atomic E-state index is 11.0. The number of rotatable bonds is 10. The Kier molecular flexibility index (Phi) is 9.09. The zero-order valence-electron chi connectivity index (χ0n) is 28.1. The number of nitrogens with zero attached hydrogens (tertiary/aromatic N) is 3. The van der Waals surface area contributed by atoms with Gasteiger partial charge in [-0.05, 0) is 72.3 Å². The number of hydrogen-bond acceptors (Lipinski definition) is 6. The summed E-state index contributed by atoms with van der Waals surface area (Å²) in [4.78, 5) is 12.1. The molecule has 2 aromatic heterocycles. The van der Waals surface area contributed by atoms with Crippen LogP contribution in [0.3, 0.4) is 0 Å². The molecule has 52 heavy (non-hydrogen) atoms. The molecule has 0 aliphatic rings. The minimum atomic E-state index is 0.107. The summed E-state index contributed by atoms with van der Waals surface area (Å²) in [7, 11) is 0. The van der Waals surface area contributed by atoms with Gasteiger partial charge in [-0.25, -0.2) is 9.97 Å². The second kappa shape index (κ2) is 14.7. The first-order valence-electron chi connectivity index (χ1n) is 17.0. The number of anilines is 3. The predicted molar refractivity (Wildman–Crippen MR) is 208 cm³/mol. The maximum absolute atomic E-state index is 11.0. The lowest BCUT2D eigenvalue weighted by Gasteiger charge is -2.27. The van der Waals surface area contributed by atoms with Crippen LogP contribution in [0, 0.1) is 0 Å². The number of aromatic nitrogens is 2. The van der Waals surface area contributed by atoms with Crippen LogP contribution in [0.5, 0.6) is 28.7 Å². The second-order valence-corrected chi connectivity index (χ2v) is 12.0. The lowest BCUT2D eigenvalue weighted by molar-refractivity contribution is 0.418. The SMILES string of the molecule is Oc1ccccc1-c1cc(Oc2ccccc2)c(Oc2ccccc2)c(-c2cccc(N(c3ccccn3)c3ccccc3-c3ccccc3)c2)n1. The van der Waals surface area contributed by atoms with Crippen molar-refractivity contribution >= 4 is 17.2 Å². The third kappa shape index (κ3) is 6.82. The highest BCUT2D eigenvalue weighted by Gasteiger charge is 2.23. The lowest BCUT2D eigenvalue weighted by Crippen LogP contribution is -2.12. The molecule has 8 aromatic rings. The van der Waals surface area contributed by atoms with Crippen molar-refractivity contribution in [3.8, 4) is 62.4 Å². The van der Waals surface area contributed by atoms with Gasteiger partial charge < -0.3 is 14.6 Å². The van der Waals surface area contributed by atoms with Gasteiger partial charge in [0, 0.05) is 34.6 Å². The summed E-state index contributed by atoms with van der Waals surface area (Å²) in [6, 6.07) is 60.8. The fourth-order valence-electron chi connectivity index (χ4n) is 6.13. The highest BCUT2D eigenvalue weighted by molar-refractivity contribution is 5.88. The number of ether oxygens (including phenoxy) is 2. The lowest BCUT2D eigenvalue weighted by atomic mass is 10.0. The van der Waals surface area contributed by atoms with Gasteiger partial charge in [-0.15, -0.1) is 0 Å². The van der Waals surface area contributed by atoms with Gasteiger partial charge in [-0.3, -0.25) is 4.90 Å². The van der Waals surface area contributed by atoms with Gasteiger partial charge in [0.1, 0.15) is 28.8 Å². The first-order valence-corrected chi connectivity index (χ1v) is 17.0. The Labute approximate surface area is 302 Å². The van der Waals surface area contributed by atoms with Gasteiger partial charge in [0.2, 0.25) is 0 Å². The zero-order chi connectivity index (χ0) is 35.1. The Balaban J connectivity index is 1.35. The third-order valence-corrected chi connectivity index (χ3v) is 8.54. The summed E-state index contributed by atoms with van der Waals surface area (Å²) in [5, 5.41) is 11.0. The first-order chi connectivity index (χ1) is 25.7. The quantitative estimate of drug-likeness (QED) is 0.156. The van der Waals surface area contributed by atoms with E-state index in [9.17, 15) is 5.11 Å². The van der Waals surface area contributed by atoms with Crippen LogP contribution in [0.25, 0.3) is 33.6 Å². The number of phenols is 1. The molecule has 0 spiro atoms. The number of benzene rings is 6. The molecule has 8 rings (SSSR count). The van der Waals surface area contributed by atoms with Gasteiger partial charge in [0.15, 0.2) is 11.5 Å². The van der Waals surface area contributed by atoms with E-state index in [2.05, 4.69) is 47.4 Å². The molecule has 0 saturated carbocycles. The number of aromatic hydroxyl groups is 1. The molecule has 1 N–H and O–H groups in total. The van der Waals surface area contributed by atoms with Gasteiger partial charge in [-0.1, -0.05) is 115 Å². The number of para-hydroxylation sites is 4. The number of hydrogen-bond donors (Lipinski definition) is 1. The number of pyridine rings is 2. The van der Waals surface area contributed by atoms with Gasteiger partial charge in [-0.2, -0.15) is 0 Å². The third-order valence-electron chi connectivity index (χ3n) is 8.54. The summed E-state index contributed by atoms with van der Waals surface area (Å²) >= 11 is 0. The molecule has 0 saturated heterocycles. The highest BCUT2D eigenvalue weighted by atomic mass is 16.5. The molecule has 250 valence electrons. The van der Waals surface area contributed by atoms with Crippen molar-refractivity contribution < 1.29 is 14.6 Å². The molecule has 0 fully saturated rings. The normalized spacial score (nSPS) is 10.8. The van der Waals surface area contributed by atoms with E-state index in [1.165, 1.54) is 0 Å². The van der Waals surface area contributed by atoms with E-state index >= 15 is 0 Å². The van der Waals surface area contributed by atoms with Crippen LogP contribution in [-0.4, -0.2) is 15.1 Å². The van der Waals surface area contributed by atoms with Crippen LogP contribution in [0.2, 0.25) is 0 Å². The molecule has 0 aliphatic heterocycles. The van der Waals surface area contributed by atoms with Crippen LogP contribution in [0.15, 0.2) is 194 Å². The molecular formula is C46H33N3O3. The smallest absolute Gasteiger partial charge is 0.196 e. The van der Waals surface area contributed by atoms with Gasteiger partial charge >= 0.3 is 0 Å². The summed E-state index contributed by atoms with van der Waals surface area (Å²) in [5.74, 6) is 3.00. The Morgan fingerprint density at radius 2 is 1.12 bits per heavy atom. The second-order valence-electron chi connectivity index (χ2n) is 12.0. The Morgan fingerprint density at radius 3 is 1.83 bits per heavy atom. The largest absolute Gasteiger partial charge is 0.507 e. The van der Waals surface area contributed by atoms with E-state index < -0.39 is 0 Å². The zero-order valence-corrected chi connectivity index (χ0v) is 28.1. The van der Waals surface area contributed by atoms with Crippen molar-refractivity contribution in [3.63, 3.8) is 0 Å². The average molecular weight is 676 g/mol. The molecule has 6 nitrogen and oxygen atoms in total. The van der Waals surface area contributed by atoms with Gasteiger partial charge in [0.25, 0.3) is 0 Å². The van der Waals surface area contributed by atoms with Crippen LogP contribution in [-0.2, 0) is 0 Å². The molecule has 0 radical (unpaired) electrons. The number of phenolic OH excluding ortho intramolecular Hbond substituents is 1. The van der Waals surface area contributed by atoms with E-state index in [4.69, 9.17) is 19.4 Å². The Morgan fingerprint density at radius 1 is 0.500 bits per heavy atom. The Hall–Kier alpha value is -7.18. The molecule has 0 unspecified atom stereocenters. The van der Waals surface area contributed by atoms with Crippen LogP contribution >= 0.6 is 0 Å². The van der Waals surface area contributed by atoms with Crippen LogP contribution in [0.4, 0.5) is 17.2 Å². The fraction of sp³-hybridized carbons (Fsp3) is 0. The van der Waals surface area contributed by atoms with E-state index in [0.29, 0.717) is 39.9 Å². The van der Waals surface area contributed by atoms with E-state index in [1.807, 2.05) is 133 Å². The topological polar surface area (TPSA) is 67.7 Å². The summed E-state index contributed by atoms with van der Waals surface area (Å²) in [5.41, 5.74) is 6.39. The molecule has 0 aliphatic carbocycles. The van der Waals surface area contributed by atoms with E-state index in [1.54, 1.807) is 18.3 Å². The standard InChI is InChI=1S/C46H33N3O3/c50-42-28-13-11-26-39(42)40-32-43(51-36-21-6-2-7-22-36)46(52-37-23-8-3-9-24-37)45(48-40)34-19-16-20-35(31-34)49(44-29-14-15-30-47-44)41-27-12-10-25-38(41)33-17-4-1-5-18-33/h1-32,50H. The van der Waals surface area contributed by atoms with E-state index in [0.717, 1.165) is 33.9 Å².